The van der Waals surface area contributed by atoms with Crippen LogP contribution in [-0.2, 0) is 9.47 Å². The fourth-order valence-electron chi connectivity index (χ4n) is 0.875. The summed E-state index contributed by atoms with van der Waals surface area (Å²) < 4.78 is 10.5. The second-order valence-corrected chi connectivity index (χ2v) is 4.06. The highest BCUT2D eigenvalue weighted by molar-refractivity contribution is 4.58. The van der Waals surface area contributed by atoms with Crippen molar-refractivity contribution in [2.75, 3.05) is 33.4 Å². The molecule has 0 atom stereocenters. The van der Waals surface area contributed by atoms with E-state index in [1.54, 1.807) is 7.11 Å². The number of methoxy groups -OCH3 is 1. The molecule has 13 heavy (non-hydrogen) atoms. The molecule has 0 radical (unpaired) electrons. The van der Waals surface area contributed by atoms with Gasteiger partial charge in [0.05, 0.1) is 12.2 Å². The van der Waals surface area contributed by atoms with Crippen LogP contribution < -0.4 is 5.32 Å². The molecule has 0 aromatic heterocycles. The molecule has 0 aromatic carbocycles. The van der Waals surface area contributed by atoms with E-state index >= 15 is 0 Å². The van der Waals surface area contributed by atoms with Crippen molar-refractivity contribution < 1.29 is 9.47 Å². The average molecular weight is 189 g/mol. The summed E-state index contributed by atoms with van der Waals surface area (Å²) in [6.07, 6.45) is 1.06. The van der Waals surface area contributed by atoms with Crippen LogP contribution in [0.5, 0.6) is 0 Å². The Bertz CT molecular complexity index is 110. The summed E-state index contributed by atoms with van der Waals surface area (Å²) in [4.78, 5) is 0. The first-order valence-corrected chi connectivity index (χ1v) is 4.90. The minimum atomic E-state index is -0.00741. The van der Waals surface area contributed by atoms with Gasteiger partial charge < -0.3 is 14.8 Å². The number of hydrogen-bond acceptors (Lipinski definition) is 3. The monoisotopic (exact) mass is 189 g/mol. The maximum Gasteiger partial charge on any atom is 0.0598 e. The fourth-order valence-corrected chi connectivity index (χ4v) is 0.875. The lowest BCUT2D eigenvalue weighted by Gasteiger charge is -2.19. The summed E-state index contributed by atoms with van der Waals surface area (Å²) in [6.45, 7) is 9.75. The van der Waals surface area contributed by atoms with E-state index in [2.05, 4.69) is 26.1 Å². The van der Waals surface area contributed by atoms with E-state index in [0.717, 1.165) is 32.7 Å². The summed E-state index contributed by atoms with van der Waals surface area (Å²) in [7, 11) is 1.71. The van der Waals surface area contributed by atoms with E-state index in [9.17, 15) is 0 Å². The molecule has 0 aliphatic heterocycles. The smallest absolute Gasteiger partial charge is 0.0598 e. The molecule has 0 aliphatic carbocycles. The third-order valence-electron chi connectivity index (χ3n) is 1.52. The zero-order valence-corrected chi connectivity index (χ0v) is 9.35. The highest BCUT2D eigenvalue weighted by Gasteiger charge is 2.08. The van der Waals surface area contributed by atoms with Crippen LogP contribution in [0.4, 0.5) is 0 Å². The summed E-state index contributed by atoms with van der Waals surface area (Å²) >= 11 is 0. The number of hydrogen-bond donors (Lipinski definition) is 1. The van der Waals surface area contributed by atoms with Gasteiger partial charge >= 0.3 is 0 Å². The van der Waals surface area contributed by atoms with E-state index < -0.39 is 0 Å². The Labute approximate surface area is 81.8 Å². The summed E-state index contributed by atoms with van der Waals surface area (Å²) in [6, 6.07) is 0. The lowest BCUT2D eigenvalue weighted by molar-refractivity contribution is -0.00385. The normalized spacial score (nSPS) is 12.0. The van der Waals surface area contributed by atoms with Gasteiger partial charge in [0.15, 0.2) is 0 Å². The maximum absolute atomic E-state index is 5.56. The van der Waals surface area contributed by atoms with Crippen molar-refractivity contribution >= 4 is 0 Å². The lowest BCUT2D eigenvalue weighted by atomic mass is 10.2. The van der Waals surface area contributed by atoms with Crippen LogP contribution >= 0.6 is 0 Å². The molecule has 0 fully saturated rings. The quantitative estimate of drug-likeness (QED) is 0.615. The SMILES string of the molecule is COCCNCCCOC(C)(C)C. The van der Waals surface area contributed by atoms with E-state index in [-0.39, 0.29) is 5.60 Å². The van der Waals surface area contributed by atoms with E-state index in [1.165, 1.54) is 0 Å². The number of rotatable bonds is 7. The van der Waals surface area contributed by atoms with Crippen molar-refractivity contribution in [1.82, 2.24) is 5.32 Å². The number of ether oxygens (including phenoxy) is 2. The predicted molar refractivity (Wildman–Crippen MR) is 55.1 cm³/mol. The van der Waals surface area contributed by atoms with Crippen LogP contribution in [0.3, 0.4) is 0 Å². The molecule has 0 heterocycles. The Kier molecular flexibility index (Phi) is 7.23. The van der Waals surface area contributed by atoms with Crippen LogP contribution in [-0.4, -0.2) is 39.0 Å². The van der Waals surface area contributed by atoms with Gasteiger partial charge in [0, 0.05) is 20.3 Å². The highest BCUT2D eigenvalue weighted by Crippen LogP contribution is 2.06. The topological polar surface area (TPSA) is 30.5 Å². The van der Waals surface area contributed by atoms with Gasteiger partial charge in [-0.25, -0.2) is 0 Å². The van der Waals surface area contributed by atoms with Crippen molar-refractivity contribution in [2.24, 2.45) is 0 Å². The van der Waals surface area contributed by atoms with Gasteiger partial charge in [-0.15, -0.1) is 0 Å². The molecule has 0 aliphatic rings. The largest absolute Gasteiger partial charge is 0.383 e. The second kappa shape index (κ2) is 7.30. The Morgan fingerprint density at radius 2 is 1.77 bits per heavy atom. The molecular formula is C10H23NO2. The first kappa shape index (κ1) is 12.9. The molecule has 80 valence electrons. The van der Waals surface area contributed by atoms with Crippen molar-refractivity contribution in [1.29, 1.82) is 0 Å². The summed E-state index contributed by atoms with van der Waals surface area (Å²) in [5.74, 6) is 0. The minimum absolute atomic E-state index is 0.00741. The summed E-state index contributed by atoms with van der Waals surface area (Å²) in [5, 5.41) is 3.27. The van der Waals surface area contributed by atoms with Gasteiger partial charge in [0.25, 0.3) is 0 Å². The van der Waals surface area contributed by atoms with Crippen LogP contribution in [0.25, 0.3) is 0 Å². The zero-order chi connectivity index (χ0) is 10.2. The molecule has 3 nitrogen and oxygen atoms in total. The van der Waals surface area contributed by atoms with E-state index in [4.69, 9.17) is 9.47 Å². The van der Waals surface area contributed by atoms with Gasteiger partial charge in [-0.05, 0) is 33.7 Å². The predicted octanol–water partition coefficient (Wildman–Crippen LogP) is 1.43. The van der Waals surface area contributed by atoms with Gasteiger partial charge in [-0.2, -0.15) is 0 Å². The van der Waals surface area contributed by atoms with Crippen molar-refractivity contribution in [3.8, 4) is 0 Å². The number of nitrogens with one attached hydrogen (secondary N) is 1. The second-order valence-electron chi connectivity index (χ2n) is 4.06. The molecular weight excluding hydrogens is 166 g/mol. The molecule has 0 rings (SSSR count). The van der Waals surface area contributed by atoms with Crippen molar-refractivity contribution in [2.45, 2.75) is 32.8 Å². The van der Waals surface area contributed by atoms with Crippen molar-refractivity contribution in [3.05, 3.63) is 0 Å². The highest BCUT2D eigenvalue weighted by atomic mass is 16.5. The van der Waals surface area contributed by atoms with Crippen LogP contribution in [0, 0.1) is 0 Å². The third-order valence-corrected chi connectivity index (χ3v) is 1.52. The molecule has 0 saturated heterocycles. The molecule has 0 unspecified atom stereocenters. The van der Waals surface area contributed by atoms with Gasteiger partial charge in [-0.3, -0.25) is 0 Å². The van der Waals surface area contributed by atoms with Gasteiger partial charge in [0.1, 0.15) is 0 Å². The minimum Gasteiger partial charge on any atom is -0.383 e. The maximum atomic E-state index is 5.56. The third kappa shape index (κ3) is 11.9. The molecule has 0 bridgehead atoms. The Hall–Kier alpha value is -0.120. The summed E-state index contributed by atoms with van der Waals surface area (Å²) in [5.41, 5.74) is -0.00741. The average Bonchev–Trinajstić information content (AvgIpc) is 2.01. The molecule has 1 N–H and O–H groups in total. The Morgan fingerprint density at radius 1 is 1.08 bits per heavy atom. The van der Waals surface area contributed by atoms with E-state index in [1.807, 2.05) is 0 Å². The molecule has 3 heteroatoms. The first-order valence-electron chi connectivity index (χ1n) is 4.90. The van der Waals surface area contributed by atoms with Gasteiger partial charge in [0.2, 0.25) is 0 Å². The van der Waals surface area contributed by atoms with Gasteiger partial charge in [-0.1, -0.05) is 0 Å². The zero-order valence-electron chi connectivity index (χ0n) is 9.35. The molecule has 0 saturated carbocycles. The standard InChI is InChI=1S/C10H23NO2/c1-10(2,3)13-8-5-6-11-7-9-12-4/h11H,5-9H2,1-4H3. The fraction of sp³-hybridized carbons (Fsp3) is 1.00. The van der Waals surface area contributed by atoms with Crippen LogP contribution in [0.2, 0.25) is 0 Å². The van der Waals surface area contributed by atoms with Crippen LogP contribution in [0.15, 0.2) is 0 Å². The molecule has 0 aromatic rings. The lowest BCUT2D eigenvalue weighted by Crippen LogP contribution is -2.24. The Morgan fingerprint density at radius 3 is 2.31 bits per heavy atom. The van der Waals surface area contributed by atoms with Crippen LogP contribution in [0.1, 0.15) is 27.2 Å². The first-order chi connectivity index (χ1) is 6.06. The van der Waals surface area contributed by atoms with Crippen molar-refractivity contribution in [3.63, 3.8) is 0 Å². The molecule has 0 amide bonds. The van der Waals surface area contributed by atoms with E-state index in [0.29, 0.717) is 0 Å². The Balaban J connectivity index is 3.00. The molecule has 0 spiro atoms.